The molecular weight excluding hydrogens is 206 g/mol. The summed E-state index contributed by atoms with van der Waals surface area (Å²) in [7, 11) is 2.17. The zero-order valence-corrected chi connectivity index (χ0v) is 10.2. The molecule has 0 radical (unpaired) electrons. The van der Waals surface area contributed by atoms with Crippen LogP contribution in [0.3, 0.4) is 0 Å². The summed E-state index contributed by atoms with van der Waals surface area (Å²) in [5.41, 5.74) is 5.59. The fourth-order valence-corrected chi connectivity index (χ4v) is 2.58. The lowest BCUT2D eigenvalue weighted by molar-refractivity contribution is 0.917. The average Bonchev–Trinajstić information content (AvgIpc) is 2.36. The Morgan fingerprint density at radius 3 is 2.82 bits per heavy atom. The number of nitrogens with zero attached hydrogens (tertiary/aromatic N) is 1. The SMILES string of the molecule is CN1CC2=C(/C=C\c3ccccc31)CCC=C2. The number of allylic oxidation sites excluding steroid dienone is 3. The van der Waals surface area contributed by atoms with E-state index in [0.29, 0.717) is 0 Å². The summed E-state index contributed by atoms with van der Waals surface area (Å²) in [6.07, 6.45) is 11.5. The van der Waals surface area contributed by atoms with Gasteiger partial charge in [0.15, 0.2) is 0 Å². The Morgan fingerprint density at radius 2 is 1.88 bits per heavy atom. The van der Waals surface area contributed by atoms with E-state index < -0.39 is 0 Å². The summed E-state index contributed by atoms with van der Waals surface area (Å²) in [5, 5.41) is 0. The molecule has 1 aliphatic carbocycles. The van der Waals surface area contributed by atoms with Crippen LogP contribution in [0, 0.1) is 0 Å². The standard InChI is InChI=1S/C16H17N/c1-17-12-15-8-3-2-6-13(15)10-11-14-7-4-5-9-16(14)17/h3-5,7-11H,2,6,12H2,1H3/b11-10-. The van der Waals surface area contributed by atoms with Gasteiger partial charge >= 0.3 is 0 Å². The van der Waals surface area contributed by atoms with Gasteiger partial charge in [-0.2, -0.15) is 0 Å². The molecular formula is C16H17N. The van der Waals surface area contributed by atoms with E-state index in [0.717, 1.165) is 6.54 Å². The normalized spacial score (nSPS) is 20.4. The number of rotatable bonds is 0. The van der Waals surface area contributed by atoms with Crippen LogP contribution in [-0.4, -0.2) is 13.6 Å². The van der Waals surface area contributed by atoms with Crippen molar-refractivity contribution in [3.8, 4) is 0 Å². The van der Waals surface area contributed by atoms with Gasteiger partial charge in [-0.05, 0) is 35.6 Å². The van der Waals surface area contributed by atoms with Crippen molar-refractivity contribution in [2.75, 3.05) is 18.5 Å². The topological polar surface area (TPSA) is 3.24 Å². The van der Waals surface area contributed by atoms with E-state index in [4.69, 9.17) is 0 Å². The third-order valence-electron chi connectivity index (χ3n) is 3.53. The minimum absolute atomic E-state index is 1.01. The zero-order valence-electron chi connectivity index (χ0n) is 10.2. The average molecular weight is 223 g/mol. The van der Waals surface area contributed by atoms with E-state index in [1.165, 1.54) is 35.2 Å². The number of para-hydroxylation sites is 1. The molecule has 0 atom stereocenters. The summed E-state index contributed by atoms with van der Waals surface area (Å²) in [5.74, 6) is 0. The molecule has 17 heavy (non-hydrogen) atoms. The van der Waals surface area contributed by atoms with Crippen molar-refractivity contribution in [2.45, 2.75) is 12.8 Å². The molecule has 1 aliphatic heterocycles. The van der Waals surface area contributed by atoms with Crippen LogP contribution in [0.25, 0.3) is 6.08 Å². The van der Waals surface area contributed by atoms with Gasteiger partial charge in [0.25, 0.3) is 0 Å². The third kappa shape index (κ3) is 1.93. The molecule has 3 rings (SSSR count). The van der Waals surface area contributed by atoms with Crippen molar-refractivity contribution < 1.29 is 0 Å². The maximum atomic E-state index is 2.34. The minimum atomic E-state index is 1.01. The maximum Gasteiger partial charge on any atom is 0.0440 e. The Balaban J connectivity index is 2.08. The van der Waals surface area contributed by atoms with Gasteiger partial charge in [-0.15, -0.1) is 0 Å². The van der Waals surface area contributed by atoms with Crippen molar-refractivity contribution in [3.05, 3.63) is 59.2 Å². The molecule has 1 aromatic rings. The van der Waals surface area contributed by atoms with Crippen molar-refractivity contribution in [1.82, 2.24) is 0 Å². The van der Waals surface area contributed by atoms with Crippen LogP contribution in [-0.2, 0) is 0 Å². The fraction of sp³-hybridized carbons (Fsp3) is 0.250. The highest BCUT2D eigenvalue weighted by Crippen LogP contribution is 2.29. The highest BCUT2D eigenvalue weighted by molar-refractivity contribution is 5.71. The van der Waals surface area contributed by atoms with Crippen molar-refractivity contribution >= 4 is 11.8 Å². The van der Waals surface area contributed by atoms with E-state index in [2.05, 4.69) is 60.5 Å². The Labute approximate surface area is 103 Å². The Kier molecular flexibility index (Phi) is 2.60. The van der Waals surface area contributed by atoms with Gasteiger partial charge in [0.1, 0.15) is 0 Å². The Bertz CT molecular complexity index is 520. The lowest BCUT2D eigenvalue weighted by atomic mass is 9.94. The number of hydrogen-bond donors (Lipinski definition) is 0. The van der Waals surface area contributed by atoms with Gasteiger partial charge in [0, 0.05) is 19.3 Å². The van der Waals surface area contributed by atoms with Gasteiger partial charge in [-0.1, -0.05) is 42.5 Å². The minimum Gasteiger partial charge on any atom is -0.370 e. The van der Waals surface area contributed by atoms with Gasteiger partial charge in [0.2, 0.25) is 0 Å². The quantitative estimate of drug-likeness (QED) is 0.646. The first-order valence-corrected chi connectivity index (χ1v) is 6.21. The number of benzene rings is 1. The first-order chi connectivity index (χ1) is 8.34. The Morgan fingerprint density at radius 1 is 1.00 bits per heavy atom. The second-order valence-corrected chi connectivity index (χ2v) is 4.74. The first-order valence-electron chi connectivity index (χ1n) is 6.21. The molecule has 86 valence electrons. The largest absolute Gasteiger partial charge is 0.370 e. The molecule has 1 heteroatoms. The number of anilines is 1. The molecule has 0 spiro atoms. The molecule has 1 heterocycles. The van der Waals surface area contributed by atoms with E-state index in [1.807, 2.05) is 0 Å². The molecule has 0 amide bonds. The van der Waals surface area contributed by atoms with E-state index in [-0.39, 0.29) is 0 Å². The maximum absolute atomic E-state index is 2.34. The molecule has 2 aliphatic rings. The molecule has 0 fully saturated rings. The highest BCUT2D eigenvalue weighted by Gasteiger charge is 2.13. The summed E-state index contributed by atoms with van der Waals surface area (Å²) >= 11 is 0. The van der Waals surface area contributed by atoms with Crippen LogP contribution in [0.5, 0.6) is 0 Å². The van der Waals surface area contributed by atoms with Crippen LogP contribution < -0.4 is 4.90 Å². The number of fused-ring (bicyclic) bond motifs is 1. The predicted molar refractivity (Wildman–Crippen MR) is 74.1 cm³/mol. The lowest BCUT2D eigenvalue weighted by Gasteiger charge is -2.26. The molecule has 0 saturated carbocycles. The van der Waals surface area contributed by atoms with Crippen LogP contribution >= 0.6 is 0 Å². The summed E-state index contributed by atoms with van der Waals surface area (Å²) in [6, 6.07) is 8.59. The van der Waals surface area contributed by atoms with Crippen LogP contribution in [0.1, 0.15) is 18.4 Å². The smallest absolute Gasteiger partial charge is 0.0440 e. The van der Waals surface area contributed by atoms with Gasteiger partial charge < -0.3 is 4.90 Å². The first kappa shape index (κ1) is 10.4. The molecule has 1 aromatic carbocycles. The Hall–Kier alpha value is -1.76. The lowest BCUT2D eigenvalue weighted by Crippen LogP contribution is -2.22. The molecule has 0 N–H and O–H groups in total. The number of hydrogen-bond acceptors (Lipinski definition) is 1. The molecule has 1 nitrogen and oxygen atoms in total. The predicted octanol–water partition coefficient (Wildman–Crippen LogP) is 3.80. The van der Waals surface area contributed by atoms with Gasteiger partial charge in [-0.25, -0.2) is 0 Å². The summed E-state index contributed by atoms with van der Waals surface area (Å²) in [6.45, 7) is 1.01. The van der Waals surface area contributed by atoms with E-state index in [9.17, 15) is 0 Å². The van der Waals surface area contributed by atoms with E-state index >= 15 is 0 Å². The third-order valence-corrected chi connectivity index (χ3v) is 3.53. The molecule has 0 saturated heterocycles. The second-order valence-electron chi connectivity index (χ2n) is 4.74. The van der Waals surface area contributed by atoms with Crippen LogP contribution in [0.4, 0.5) is 5.69 Å². The highest BCUT2D eigenvalue weighted by atomic mass is 15.1. The van der Waals surface area contributed by atoms with Gasteiger partial charge in [0.05, 0.1) is 0 Å². The van der Waals surface area contributed by atoms with E-state index in [1.54, 1.807) is 0 Å². The van der Waals surface area contributed by atoms with Crippen LogP contribution in [0.2, 0.25) is 0 Å². The van der Waals surface area contributed by atoms with Gasteiger partial charge in [-0.3, -0.25) is 0 Å². The zero-order chi connectivity index (χ0) is 11.7. The fourth-order valence-electron chi connectivity index (χ4n) is 2.58. The van der Waals surface area contributed by atoms with Crippen molar-refractivity contribution in [3.63, 3.8) is 0 Å². The van der Waals surface area contributed by atoms with Crippen molar-refractivity contribution in [2.24, 2.45) is 0 Å². The molecule has 0 aromatic heterocycles. The van der Waals surface area contributed by atoms with Crippen molar-refractivity contribution in [1.29, 1.82) is 0 Å². The molecule has 0 bridgehead atoms. The second kappa shape index (κ2) is 4.25. The summed E-state index contributed by atoms with van der Waals surface area (Å²) < 4.78 is 0. The molecule has 0 unspecified atom stereocenters. The summed E-state index contributed by atoms with van der Waals surface area (Å²) in [4.78, 5) is 2.34. The number of likely N-dealkylation sites (N-methyl/N-ethyl adjacent to an activating group) is 1. The van der Waals surface area contributed by atoms with Crippen LogP contribution in [0.15, 0.2) is 53.6 Å². The monoisotopic (exact) mass is 223 g/mol.